The minimum absolute atomic E-state index is 0.118. The summed E-state index contributed by atoms with van der Waals surface area (Å²) in [6, 6.07) is 9.65. The number of nitrogens with zero attached hydrogens (tertiary/aromatic N) is 5. The van der Waals surface area contributed by atoms with E-state index in [4.69, 9.17) is 0 Å². The van der Waals surface area contributed by atoms with Gasteiger partial charge in [0.25, 0.3) is 5.56 Å². The fourth-order valence-electron chi connectivity index (χ4n) is 2.07. The van der Waals surface area contributed by atoms with Gasteiger partial charge >= 0.3 is 5.69 Å². The molecule has 2 aromatic heterocycles. The van der Waals surface area contributed by atoms with Gasteiger partial charge in [-0.25, -0.2) is 9.78 Å². The van der Waals surface area contributed by atoms with Crippen LogP contribution in [-0.2, 0) is 14.1 Å². The van der Waals surface area contributed by atoms with Crippen LogP contribution in [0.15, 0.2) is 39.9 Å². The molecule has 2 heterocycles. The van der Waals surface area contributed by atoms with Gasteiger partial charge in [-0.15, -0.1) is 10.2 Å². The molecule has 7 heteroatoms. The molecule has 3 rings (SSSR count). The Balaban J connectivity index is 2.13. The van der Waals surface area contributed by atoms with Crippen molar-refractivity contribution in [3.63, 3.8) is 0 Å². The van der Waals surface area contributed by atoms with Crippen molar-refractivity contribution in [2.75, 3.05) is 0 Å². The van der Waals surface area contributed by atoms with Gasteiger partial charge in [0.1, 0.15) is 0 Å². The Hall–Kier alpha value is -3.09. The van der Waals surface area contributed by atoms with Crippen LogP contribution in [0.25, 0.3) is 23.3 Å². The lowest BCUT2D eigenvalue weighted by Gasteiger charge is -2.04. The first-order valence-corrected chi connectivity index (χ1v) is 6.61. The van der Waals surface area contributed by atoms with E-state index in [0.717, 1.165) is 10.1 Å². The maximum atomic E-state index is 12.1. The summed E-state index contributed by atoms with van der Waals surface area (Å²) >= 11 is 0. The molecule has 0 fully saturated rings. The number of fused-ring (bicyclic) bond motifs is 1. The van der Waals surface area contributed by atoms with E-state index in [1.165, 1.54) is 18.7 Å². The molecule has 0 atom stereocenters. The Bertz CT molecular complexity index is 986. The molecule has 0 aliphatic carbocycles. The highest BCUT2D eigenvalue weighted by Crippen LogP contribution is 2.05. The van der Waals surface area contributed by atoms with E-state index in [2.05, 4.69) is 15.2 Å². The van der Waals surface area contributed by atoms with Crippen LogP contribution < -0.4 is 11.2 Å². The van der Waals surface area contributed by atoms with E-state index in [-0.39, 0.29) is 11.2 Å². The Morgan fingerprint density at radius 3 is 2.41 bits per heavy atom. The molecule has 3 aromatic rings. The summed E-state index contributed by atoms with van der Waals surface area (Å²) < 4.78 is 2.25. The molecule has 0 saturated carbocycles. The molecule has 0 amide bonds. The van der Waals surface area contributed by atoms with Crippen LogP contribution in [0.1, 0.15) is 11.4 Å². The predicted molar refractivity (Wildman–Crippen MR) is 83.2 cm³/mol. The quantitative estimate of drug-likeness (QED) is 0.691. The fraction of sp³-hybridized carbons (Fsp3) is 0.133. The molecule has 22 heavy (non-hydrogen) atoms. The van der Waals surface area contributed by atoms with E-state index in [1.807, 2.05) is 36.4 Å². The average Bonchev–Trinajstić information content (AvgIpc) is 2.57. The van der Waals surface area contributed by atoms with E-state index < -0.39 is 11.2 Å². The maximum absolute atomic E-state index is 12.1. The van der Waals surface area contributed by atoms with Gasteiger partial charge in [0.2, 0.25) is 0 Å². The first-order valence-electron chi connectivity index (χ1n) is 6.61. The van der Waals surface area contributed by atoms with Crippen LogP contribution in [0.2, 0.25) is 0 Å². The molecule has 0 aliphatic rings. The summed E-state index contributed by atoms with van der Waals surface area (Å²) in [6.45, 7) is 0. The van der Waals surface area contributed by atoms with Gasteiger partial charge in [0, 0.05) is 14.1 Å². The number of aromatic nitrogens is 5. The Kier molecular flexibility index (Phi) is 3.38. The second kappa shape index (κ2) is 5.36. The van der Waals surface area contributed by atoms with Crippen LogP contribution in [-0.4, -0.2) is 24.3 Å². The van der Waals surface area contributed by atoms with Crippen molar-refractivity contribution in [3.05, 3.63) is 62.6 Å². The third kappa shape index (κ3) is 2.32. The second-order valence-electron chi connectivity index (χ2n) is 4.79. The summed E-state index contributed by atoms with van der Waals surface area (Å²) in [5.41, 5.74) is 0.334. The summed E-state index contributed by atoms with van der Waals surface area (Å²) in [4.78, 5) is 28.1. The normalized spacial score (nSPS) is 11.4. The first-order chi connectivity index (χ1) is 10.6. The highest BCUT2D eigenvalue weighted by atomic mass is 16.2. The summed E-state index contributed by atoms with van der Waals surface area (Å²) in [5, 5.41) is 7.88. The van der Waals surface area contributed by atoms with Crippen LogP contribution in [0, 0.1) is 0 Å². The summed E-state index contributed by atoms with van der Waals surface area (Å²) in [5.74, 6) is 0.312. The van der Waals surface area contributed by atoms with Gasteiger partial charge in [-0.3, -0.25) is 13.9 Å². The van der Waals surface area contributed by atoms with Crippen molar-refractivity contribution < 1.29 is 0 Å². The van der Waals surface area contributed by atoms with E-state index in [1.54, 1.807) is 6.08 Å². The van der Waals surface area contributed by atoms with E-state index >= 15 is 0 Å². The molecule has 110 valence electrons. The van der Waals surface area contributed by atoms with Gasteiger partial charge < -0.3 is 0 Å². The molecule has 0 N–H and O–H groups in total. The lowest BCUT2D eigenvalue weighted by molar-refractivity contribution is 0.697. The van der Waals surface area contributed by atoms with Crippen LogP contribution in [0.3, 0.4) is 0 Å². The minimum Gasteiger partial charge on any atom is -0.278 e. The Morgan fingerprint density at radius 2 is 1.68 bits per heavy atom. The highest BCUT2D eigenvalue weighted by Gasteiger charge is 2.11. The lowest BCUT2D eigenvalue weighted by Crippen LogP contribution is -2.38. The predicted octanol–water partition coefficient (Wildman–Crippen LogP) is 0.593. The topological polar surface area (TPSA) is 82.7 Å². The SMILES string of the molecule is Cn1c(=O)c2nc(/C=C/c3ccccc3)nnc2n(C)c1=O. The zero-order valence-electron chi connectivity index (χ0n) is 12.1. The number of benzene rings is 1. The third-order valence-electron chi connectivity index (χ3n) is 3.31. The van der Waals surface area contributed by atoms with Crippen molar-refractivity contribution in [3.8, 4) is 0 Å². The zero-order chi connectivity index (χ0) is 15.7. The average molecular weight is 295 g/mol. The molecule has 0 spiro atoms. The highest BCUT2D eigenvalue weighted by molar-refractivity contribution is 5.71. The van der Waals surface area contributed by atoms with Gasteiger partial charge in [-0.05, 0) is 11.6 Å². The fourth-order valence-corrected chi connectivity index (χ4v) is 2.07. The van der Waals surface area contributed by atoms with Crippen LogP contribution in [0.4, 0.5) is 0 Å². The number of hydrogen-bond donors (Lipinski definition) is 0. The van der Waals surface area contributed by atoms with Crippen molar-refractivity contribution in [2.45, 2.75) is 0 Å². The van der Waals surface area contributed by atoms with Gasteiger partial charge in [-0.2, -0.15) is 0 Å². The number of aryl methyl sites for hydroxylation is 1. The van der Waals surface area contributed by atoms with Crippen molar-refractivity contribution in [2.24, 2.45) is 14.1 Å². The van der Waals surface area contributed by atoms with Gasteiger partial charge in [0.05, 0.1) is 0 Å². The maximum Gasteiger partial charge on any atom is 0.332 e. The minimum atomic E-state index is -0.484. The van der Waals surface area contributed by atoms with Crippen molar-refractivity contribution in [1.29, 1.82) is 0 Å². The molecule has 0 bridgehead atoms. The summed E-state index contributed by atoms with van der Waals surface area (Å²) in [6.07, 6.45) is 3.50. The molecular weight excluding hydrogens is 282 g/mol. The lowest BCUT2D eigenvalue weighted by atomic mass is 10.2. The van der Waals surface area contributed by atoms with Crippen LogP contribution in [0.5, 0.6) is 0 Å². The second-order valence-corrected chi connectivity index (χ2v) is 4.79. The monoisotopic (exact) mass is 295 g/mol. The molecular formula is C15H13N5O2. The van der Waals surface area contributed by atoms with Crippen molar-refractivity contribution >= 4 is 23.3 Å². The Morgan fingerprint density at radius 1 is 0.955 bits per heavy atom. The zero-order valence-corrected chi connectivity index (χ0v) is 12.1. The Labute approximate surface area is 125 Å². The van der Waals surface area contributed by atoms with E-state index in [9.17, 15) is 9.59 Å². The number of hydrogen-bond acceptors (Lipinski definition) is 5. The standard InChI is InChI=1S/C15H13N5O2/c1-19-13-12(14(21)20(2)15(19)22)16-11(17-18-13)9-8-10-6-4-3-5-7-10/h3-9H,1-2H3/b9-8+. The molecule has 0 radical (unpaired) electrons. The first kappa shape index (κ1) is 13.9. The van der Waals surface area contributed by atoms with Gasteiger partial charge in [-0.1, -0.05) is 36.4 Å². The van der Waals surface area contributed by atoms with E-state index in [0.29, 0.717) is 5.82 Å². The number of rotatable bonds is 2. The smallest absolute Gasteiger partial charge is 0.278 e. The molecule has 1 aromatic carbocycles. The molecule has 0 unspecified atom stereocenters. The van der Waals surface area contributed by atoms with Crippen LogP contribution >= 0.6 is 0 Å². The van der Waals surface area contributed by atoms with Crippen molar-refractivity contribution in [1.82, 2.24) is 24.3 Å². The molecule has 0 saturated heterocycles. The summed E-state index contributed by atoms with van der Waals surface area (Å²) in [7, 11) is 2.94. The molecule has 0 aliphatic heterocycles. The van der Waals surface area contributed by atoms with Gasteiger partial charge in [0.15, 0.2) is 17.0 Å². The molecule has 7 nitrogen and oxygen atoms in total. The largest absolute Gasteiger partial charge is 0.332 e. The third-order valence-corrected chi connectivity index (χ3v) is 3.31.